The monoisotopic (exact) mass is 233 g/mol. The molecule has 1 aromatic carbocycles. The van der Waals surface area contributed by atoms with Crippen LogP contribution in [0.25, 0.3) is 0 Å². The summed E-state index contributed by atoms with van der Waals surface area (Å²) in [6.07, 6.45) is 5.41. The zero-order valence-electron chi connectivity index (χ0n) is 9.98. The van der Waals surface area contributed by atoms with Crippen molar-refractivity contribution in [2.24, 2.45) is 0 Å². The van der Waals surface area contributed by atoms with E-state index in [0.29, 0.717) is 19.0 Å². The third-order valence-electron chi connectivity index (χ3n) is 3.28. The molecule has 0 aromatic heterocycles. The third-order valence-corrected chi connectivity index (χ3v) is 3.28. The number of carbonyl (C=O) groups excluding carboxylic acids is 1. The van der Waals surface area contributed by atoms with Gasteiger partial charge in [-0.25, -0.2) is 0 Å². The number of benzene rings is 1. The van der Waals surface area contributed by atoms with E-state index in [9.17, 15) is 4.79 Å². The van der Waals surface area contributed by atoms with Crippen LogP contribution in [0, 0.1) is 0 Å². The predicted octanol–water partition coefficient (Wildman–Crippen LogP) is 2.04. The van der Waals surface area contributed by atoms with Crippen molar-refractivity contribution in [2.75, 3.05) is 6.54 Å². The van der Waals surface area contributed by atoms with Crippen LogP contribution in [0.2, 0.25) is 0 Å². The Morgan fingerprint density at radius 2 is 1.88 bits per heavy atom. The lowest BCUT2D eigenvalue weighted by molar-refractivity contribution is -0.117. The van der Waals surface area contributed by atoms with Gasteiger partial charge in [0.05, 0.1) is 6.54 Å². The first kappa shape index (κ1) is 12.1. The molecule has 92 valence electrons. The second-order valence-corrected chi connectivity index (χ2v) is 4.74. The smallest absolute Gasteiger partial charge is 0.150 e. The summed E-state index contributed by atoms with van der Waals surface area (Å²) in [6, 6.07) is 7.37. The van der Waals surface area contributed by atoms with Crippen molar-refractivity contribution >= 4 is 5.78 Å². The number of phenolic OH excluding ortho intramolecular Hbond substituents is 1. The van der Waals surface area contributed by atoms with Crippen molar-refractivity contribution in [2.45, 2.75) is 38.1 Å². The van der Waals surface area contributed by atoms with Crippen LogP contribution in [0.5, 0.6) is 5.75 Å². The normalized spacial score (nSPS) is 16.2. The van der Waals surface area contributed by atoms with Gasteiger partial charge in [-0.3, -0.25) is 4.79 Å². The van der Waals surface area contributed by atoms with E-state index in [-0.39, 0.29) is 11.5 Å². The second kappa shape index (κ2) is 5.82. The molecule has 0 spiro atoms. The Balaban J connectivity index is 1.74. The molecule has 0 heterocycles. The average Bonchev–Trinajstić information content (AvgIpc) is 2.83. The summed E-state index contributed by atoms with van der Waals surface area (Å²) in [7, 11) is 0. The molecule has 0 bridgehead atoms. The fourth-order valence-corrected chi connectivity index (χ4v) is 2.29. The van der Waals surface area contributed by atoms with Crippen molar-refractivity contribution in [3.8, 4) is 5.75 Å². The molecule has 1 aliphatic rings. The highest BCUT2D eigenvalue weighted by atomic mass is 16.3. The van der Waals surface area contributed by atoms with E-state index in [1.54, 1.807) is 24.3 Å². The van der Waals surface area contributed by atoms with Gasteiger partial charge in [-0.05, 0) is 30.5 Å². The molecule has 1 aliphatic carbocycles. The number of carbonyl (C=O) groups is 1. The minimum atomic E-state index is 0.211. The van der Waals surface area contributed by atoms with Gasteiger partial charge in [-0.15, -0.1) is 0 Å². The summed E-state index contributed by atoms with van der Waals surface area (Å²) in [6.45, 7) is 0.464. The zero-order valence-corrected chi connectivity index (χ0v) is 9.98. The SMILES string of the molecule is O=C(CNC1CCCC1)Cc1ccc(O)cc1. The number of phenols is 1. The number of hydrogen-bond donors (Lipinski definition) is 2. The third kappa shape index (κ3) is 3.86. The molecule has 0 atom stereocenters. The van der Waals surface area contributed by atoms with Crippen molar-refractivity contribution < 1.29 is 9.90 Å². The largest absolute Gasteiger partial charge is 0.508 e. The first-order chi connectivity index (χ1) is 8.24. The topological polar surface area (TPSA) is 49.3 Å². The van der Waals surface area contributed by atoms with E-state index >= 15 is 0 Å². The lowest BCUT2D eigenvalue weighted by Gasteiger charge is -2.10. The Hall–Kier alpha value is -1.35. The molecule has 3 heteroatoms. The average molecular weight is 233 g/mol. The number of Topliss-reactive ketones (excluding diaryl/α,β-unsaturated/α-hetero) is 1. The maximum atomic E-state index is 11.7. The Kier molecular flexibility index (Phi) is 4.15. The van der Waals surface area contributed by atoms with Crippen LogP contribution in [0.1, 0.15) is 31.2 Å². The fourth-order valence-electron chi connectivity index (χ4n) is 2.29. The molecule has 17 heavy (non-hydrogen) atoms. The van der Waals surface area contributed by atoms with Crippen molar-refractivity contribution in [3.05, 3.63) is 29.8 Å². The van der Waals surface area contributed by atoms with Crippen LogP contribution in [-0.4, -0.2) is 23.5 Å². The Labute approximate surface area is 102 Å². The van der Waals surface area contributed by atoms with Gasteiger partial charge in [-0.2, -0.15) is 0 Å². The fraction of sp³-hybridized carbons (Fsp3) is 0.500. The van der Waals surface area contributed by atoms with E-state index in [1.165, 1.54) is 25.7 Å². The summed E-state index contributed by atoms with van der Waals surface area (Å²) in [5, 5.41) is 12.5. The van der Waals surface area contributed by atoms with E-state index < -0.39 is 0 Å². The summed E-state index contributed by atoms with van der Waals surface area (Å²) in [5.74, 6) is 0.452. The summed E-state index contributed by atoms with van der Waals surface area (Å²) in [4.78, 5) is 11.7. The molecule has 0 aliphatic heterocycles. The Morgan fingerprint density at radius 1 is 1.24 bits per heavy atom. The van der Waals surface area contributed by atoms with Gasteiger partial charge < -0.3 is 10.4 Å². The summed E-state index contributed by atoms with van der Waals surface area (Å²) >= 11 is 0. The Bertz CT molecular complexity index is 366. The van der Waals surface area contributed by atoms with Crippen LogP contribution in [0.3, 0.4) is 0 Å². The number of nitrogens with one attached hydrogen (secondary N) is 1. The molecule has 3 nitrogen and oxygen atoms in total. The quantitative estimate of drug-likeness (QED) is 0.818. The molecule has 1 aromatic rings. The van der Waals surface area contributed by atoms with E-state index in [1.807, 2.05) is 0 Å². The van der Waals surface area contributed by atoms with E-state index in [4.69, 9.17) is 5.11 Å². The van der Waals surface area contributed by atoms with Gasteiger partial charge in [-0.1, -0.05) is 25.0 Å². The molecule has 2 N–H and O–H groups in total. The molecule has 0 radical (unpaired) electrons. The standard InChI is InChI=1S/C14H19NO2/c16-13-7-5-11(6-8-13)9-14(17)10-15-12-3-1-2-4-12/h5-8,12,15-16H,1-4,9-10H2. The lowest BCUT2D eigenvalue weighted by Crippen LogP contribution is -2.32. The summed E-state index contributed by atoms with van der Waals surface area (Å²) < 4.78 is 0. The summed E-state index contributed by atoms with van der Waals surface area (Å²) in [5.41, 5.74) is 0.959. The van der Waals surface area contributed by atoms with Gasteiger partial charge in [0.25, 0.3) is 0 Å². The molecule has 0 unspecified atom stereocenters. The van der Waals surface area contributed by atoms with Crippen LogP contribution < -0.4 is 5.32 Å². The highest BCUT2D eigenvalue weighted by Gasteiger charge is 2.15. The van der Waals surface area contributed by atoms with Crippen molar-refractivity contribution in [3.63, 3.8) is 0 Å². The van der Waals surface area contributed by atoms with Crippen LogP contribution in [0.15, 0.2) is 24.3 Å². The zero-order chi connectivity index (χ0) is 12.1. The highest BCUT2D eigenvalue weighted by Crippen LogP contribution is 2.17. The molecule has 0 saturated heterocycles. The van der Waals surface area contributed by atoms with Gasteiger partial charge in [0, 0.05) is 12.5 Å². The molecule has 1 saturated carbocycles. The van der Waals surface area contributed by atoms with E-state index in [2.05, 4.69) is 5.32 Å². The number of ketones is 1. The highest BCUT2D eigenvalue weighted by molar-refractivity contribution is 5.82. The molecule has 1 fully saturated rings. The van der Waals surface area contributed by atoms with Crippen molar-refractivity contribution in [1.29, 1.82) is 0 Å². The number of rotatable bonds is 5. The van der Waals surface area contributed by atoms with Gasteiger partial charge in [0.1, 0.15) is 5.75 Å². The molecule has 0 amide bonds. The Morgan fingerprint density at radius 3 is 2.53 bits per heavy atom. The number of aromatic hydroxyl groups is 1. The van der Waals surface area contributed by atoms with Crippen molar-refractivity contribution in [1.82, 2.24) is 5.32 Å². The molecule has 2 rings (SSSR count). The first-order valence-corrected chi connectivity index (χ1v) is 6.27. The first-order valence-electron chi connectivity index (χ1n) is 6.27. The molecular formula is C14H19NO2. The lowest BCUT2D eigenvalue weighted by atomic mass is 10.1. The maximum Gasteiger partial charge on any atom is 0.150 e. The van der Waals surface area contributed by atoms with Crippen LogP contribution in [0.4, 0.5) is 0 Å². The van der Waals surface area contributed by atoms with Gasteiger partial charge in [0.2, 0.25) is 0 Å². The van der Waals surface area contributed by atoms with Gasteiger partial charge in [0.15, 0.2) is 5.78 Å². The van der Waals surface area contributed by atoms with Crippen LogP contribution >= 0.6 is 0 Å². The second-order valence-electron chi connectivity index (χ2n) is 4.74. The van der Waals surface area contributed by atoms with E-state index in [0.717, 1.165) is 5.56 Å². The van der Waals surface area contributed by atoms with Gasteiger partial charge >= 0.3 is 0 Å². The molecular weight excluding hydrogens is 214 g/mol. The maximum absolute atomic E-state index is 11.7. The minimum absolute atomic E-state index is 0.211. The number of hydrogen-bond acceptors (Lipinski definition) is 3. The predicted molar refractivity (Wildman–Crippen MR) is 67.1 cm³/mol. The minimum Gasteiger partial charge on any atom is -0.508 e. The van der Waals surface area contributed by atoms with Crippen LogP contribution in [-0.2, 0) is 11.2 Å².